The van der Waals surface area contributed by atoms with Gasteiger partial charge in [-0.1, -0.05) is 53.2 Å². The van der Waals surface area contributed by atoms with Crippen molar-refractivity contribution in [2.45, 2.75) is 161 Å². The SMILES string of the molecule is COC(=O)C1=C[C@H](O)[C@@H](O)[C@H](O[C@H]2[C@@H](O)C[C@@]3(C)[C@@H](CC[C@]4(C)[C@@H]3CC=C3[C@@H]5CC(C)(C)CC[C@]5(C(=O)O[C@@H]5O[C@H](CO)[C@@H](O)[C@H](O)[C@H]5O)CC[C@]34C)[C@]2(C)CO)O1. The summed E-state index contributed by atoms with van der Waals surface area (Å²) in [6.07, 6.45) is -5.26. The second-order valence-electron chi connectivity index (χ2n) is 20.5. The van der Waals surface area contributed by atoms with E-state index in [0.29, 0.717) is 38.5 Å². The van der Waals surface area contributed by atoms with E-state index in [1.165, 1.54) is 5.57 Å². The number of rotatable bonds is 7. The topological polar surface area (TPSA) is 242 Å². The summed E-state index contributed by atoms with van der Waals surface area (Å²) in [6, 6.07) is 0. The summed E-state index contributed by atoms with van der Waals surface area (Å²) in [5.41, 5.74) is -1.92. The van der Waals surface area contributed by atoms with Crippen molar-refractivity contribution in [1.29, 1.82) is 0 Å². The monoisotopic (exact) mass is 822 g/mol. The Morgan fingerprint density at radius 3 is 2.17 bits per heavy atom. The van der Waals surface area contributed by atoms with Crippen molar-refractivity contribution in [2.24, 2.45) is 50.2 Å². The molecule has 0 aromatic rings. The minimum atomic E-state index is -1.70. The number of aliphatic hydroxyl groups excluding tert-OH is 8. The Kier molecular flexibility index (Phi) is 11.4. The van der Waals surface area contributed by atoms with Crippen LogP contribution in [0.1, 0.15) is 99.3 Å². The lowest BCUT2D eigenvalue weighted by molar-refractivity contribution is -0.304. The zero-order chi connectivity index (χ0) is 42.5. The van der Waals surface area contributed by atoms with Crippen molar-refractivity contribution in [3.05, 3.63) is 23.5 Å². The number of ether oxygens (including phenoxy) is 5. The lowest BCUT2D eigenvalue weighted by Gasteiger charge is -2.71. The van der Waals surface area contributed by atoms with Crippen molar-refractivity contribution in [1.82, 2.24) is 0 Å². The second kappa shape index (κ2) is 15.0. The molecule has 5 fully saturated rings. The van der Waals surface area contributed by atoms with Gasteiger partial charge < -0.3 is 64.5 Å². The molecule has 0 spiro atoms. The van der Waals surface area contributed by atoms with Gasteiger partial charge in [0.15, 0.2) is 0 Å². The van der Waals surface area contributed by atoms with Gasteiger partial charge in [0, 0.05) is 5.41 Å². The van der Waals surface area contributed by atoms with Gasteiger partial charge in [-0.25, -0.2) is 4.79 Å². The molecule has 18 atom stereocenters. The fraction of sp³-hybridized carbons (Fsp3) is 0.860. The molecule has 8 N–H and O–H groups in total. The zero-order valence-electron chi connectivity index (χ0n) is 34.9. The molecule has 1 saturated heterocycles. The molecule has 4 saturated carbocycles. The molecule has 2 aliphatic heterocycles. The highest BCUT2D eigenvalue weighted by molar-refractivity contribution is 5.86. The molecule has 0 unspecified atom stereocenters. The Bertz CT molecular complexity index is 1660. The van der Waals surface area contributed by atoms with Crippen LogP contribution in [-0.2, 0) is 33.3 Å². The third kappa shape index (κ3) is 6.43. The van der Waals surface area contributed by atoms with Crippen LogP contribution >= 0.6 is 0 Å². The summed E-state index contributed by atoms with van der Waals surface area (Å²) in [4.78, 5) is 26.9. The van der Waals surface area contributed by atoms with Crippen molar-refractivity contribution in [3.63, 3.8) is 0 Å². The van der Waals surface area contributed by atoms with Crippen LogP contribution in [0.4, 0.5) is 0 Å². The number of aliphatic hydroxyl groups is 8. The minimum absolute atomic E-state index is 0.0614. The Morgan fingerprint density at radius 1 is 0.828 bits per heavy atom. The third-order valence-corrected chi connectivity index (χ3v) is 17.0. The Balaban J connectivity index is 1.19. The van der Waals surface area contributed by atoms with E-state index in [9.17, 15) is 50.4 Å². The van der Waals surface area contributed by atoms with Gasteiger partial charge in [0.05, 0.1) is 37.9 Å². The normalized spacial score (nSPS) is 51.0. The van der Waals surface area contributed by atoms with Crippen LogP contribution in [0.2, 0.25) is 0 Å². The van der Waals surface area contributed by atoms with E-state index < -0.39 is 96.2 Å². The molecule has 15 nitrogen and oxygen atoms in total. The zero-order valence-corrected chi connectivity index (χ0v) is 34.9. The second-order valence-corrected chi connectivity index (χ2v) is 20.5. The number of carbonyl (C=O) groups is 2. The molecule has 7 rings (SSSR count). The van der Waals surface area contributed by atoms with Crippen LogP contribution in [-0.4, -0.2) is 135 Å². The average Bonchev–Trinajstić information content (AvgIpc) is 3.17. The van der Waals surface area contributed by atoms with Crippen molar-refractivity contribution in [3.8, 4) is 0 Å². The highest BCUT2D eigenvalue weighted by Crippen LogP contribution is 2.76. The summed E-state index contributed by atoms with van der Waals surface area (Å²) in [5.74, 6) is -1.95. The number of fused-ring (bicyclic) bond motifs is 7. The van der Waals surface area contributed by atoms with E-state index >= 15 is 0 Å². The van der Waals surface area contributed by atoms with Crippen molar-refractivity contribution >= 4 is 11.9 Å². The van der Waals surface area contributed by atoms with Crippen LogP contribution in [0.5, 0.6) is 0 Å². The molecule has 0 amide bonds. The predicted octanol–water partition coefficient (Wildman–Crippen LogP) is 1.59. The first-order chi connectivity index (χ1) is 27.1. The van der Waals surface area contributed by atoms with Gasteiger partial charge in [-0.2, -0.15) is 0 Å². The van der Waals surface area contributed by atoms with E-state index in [-0.39, 0.29) is 46.4 Å². The Labute approximate surface area is 340 Å². The lowest BCUT2D eigenvalue weighted by atomic mass is 9.33. The molecule has 0 aromatic carbocycles. The lowest BCUT2D eigenvalue weighted by Crippen LogP contribution is -2.69. The standard InChI is InChI=1S/C43H66O15/c1-38(2)12-14-43(37(53)58-36-32(51)31(50)30(49)26(19-44)56-36)15-13-41(5)21(22(43)17-38)8-9-28-39(3)18-24(47)33(40(4,20-45)27(39)10-11-42(28,41)6)57-35-29(48)23(46)16-25(55-35)34(52)54-7/h8,16,22-24,26-33,35-36,44-51H,9-15,17-20H2,1-7H3/t22-,23-,24-,26+,27+,28+,29+,30+,31-,32+,33-,35-,36-,39-,40-,41+,42+,43-/m0/s1. The Morgan fingerprint density at radius 2 is 1.52 bits per heavy atom. The fourth-order valence-electron chi connectivity index (χ4n) is 13.5. The van der Waals surface area contributed by atoms with Crippen LogP contribution in [0.3, 0.4) is 0 Å². The first kappa shape index (κ1) is 43.9. The van der Waals surface area contributed by atoms with E-state index in [2.05, 4.69) is 40.7 Å². The highest BCUT2D eigenvalue weighted by atomic mass is 16.7. The average molecular weight is 823 g/mol. The molecule has 7 aliphatic rings. The minimum Gasteiger partial charge on any atom is -0.463 e. The largest absolute Gasteiger partial charge is 0.463 e. The van der Waals surface area contributed by atoms with Crippen molar-refractivity contribution < 1.29 is 74.1 Å². The number of esters is 2. The van der Waals surface area contributed by atoms with Gasteiger partial charge in [-0.3, -0.25) is 4.79 Å². The van der Waals surface area contributed by atoms with Gasteiger partial charge in [-0.05, 0) is 103 Å². The van der Waals surface area contributed by atoms with E-state index in [1.807, 2.05) is 6.92 Å². The molecular formula is C43H66O15. The number of allylic oxidation sites excluding steroid dienone is 2. The first-order valence-electron chi connectivity index (χ1n) is 21.1. The van der Waals surface area contributed by atoms with Crippen LogP contribution in [0.15, 0.2) is 23.5 Å². The summed E-state index contributed by atoms with van der Waals surface area (Å²) in [5, 5.41) is 86.0. The maximum atomic E-state index is 14.6. The number of hydrogen-bond acceptors (Lipinski definition) is 15. The number of methoxy groups -OCH3 is 1. The van der Waals surface area contributed by atoms with Crippen LogP contribution in [0.25, 0.3) is 0 Å². The quantitative estimate of drug-likeness (QED) is 0.134. The van der Waals surface area contributed by atoms with E-state index in [4.69, 9.17) is 23.7 Å². The van der Waals surface area contributed by atoms with Gasteiger partial charge in [0.25, 0.3) is 0 Å². The molecule has 0 radical (unpaired) electrons. The van der Waals surface area contributed by atoms with Gasteiger partial charge >= 0.3 is 11.9 Å². The summed E-state index contributed by atoms with van der Waals surface area (Å²) < 4.78 is 28.3. The molecule has 328 valence electrons. The maximum absolute atomic E-state index is 14.6. The molecule has 0 aromatic heterocycles. The molecule has 5 aliphatic carbocycles. The number of carbonyl (C=O) groups excluding carboxylic acids is 2. The molecular weight excluding hydrogens is 756 g/mol. The number of hydrogen-bond donors (Lipinski definition) is 8. The van der Waals surface area contributed by atoms with Crippen molar-refractivity contribution in [2.75, 3.05) is 20.3 Å². The van der Waals surface area contributed by atoms with Crippen LogP contribution < -0.4 is 0 Å². The fourth-order valence-corrected chi connectivity index (χ4v) is 13.5. The van der Waals surface area contributed by atoms with Crippen LogP contribution in [0, 0.1) is 50.2 Å². The summed E-state index contributed by atoms with van der Waals surface area (Å²) >= 11 is 0. The summed E-state index contributed by atoms with van der Waals surface area (Å²) in [6.45, 7) is 12.2. The third-order valence-electron chi connectivity index (χ3n) is 17.0. The Hall–Kier alpha value is -2.18. The molecule has 58 heavy (non-hydrogen) atoms. The first-order valence-corrected chi connectivity index (χ1v) is 21.1. The molecule has 0 bridgehead atoms. The smallest absolute Gasteiger partial charge is 0.373 e. The van der Waals surface area contributed by atoms with Gasteiger partial charge in [-0.15, -0.1) is 0 Å². The predicted molar refractivity (Wildman–Crippen MR) is 204 cm³/mol. The highest BCUT2D eigenvalue weighted by Gasteiger charge is 2.71. The van der Waals surface area contributed by atoms with Gasteiger partial charge in [0.2, 0.25) is 18.3 Å². The summed E-state index contributed by atoms with van der Waals surface area (Å²) in [7, 11) is 1.16. The van der Waals surface area contributed by atoms with E-state index in [0.717, 1.165) is 32.4 Å². The molecule has 2 heterocycles. The van der Waals surface area contributed by atoms with E-state index in [1.54, 1.807) is 0 Å². The maximum Gasteiger partial charge on any atom is 0.373 e. The molecule has 15 heteroatoms. The van der Waals surface area contributed by atoms with Gasteiger partial charge in [0.1, 0.15) is 36.6 Å².